The molecule has 16 heavy (non-hydrogen) atoms. The first-order valence-electron chi connectivity index (χ1n) is 8.97. The Morgan fingerprint density at radius 2 is 2.31 bits per heavy atom. The molecule has 0 fully saturated rings. The molecule has 1 heteroatoms. The predicted octanol–water partition coefficient (Wildman–Crippen LogP) is 3.95. The lowest BCUT2D eigenvalue weighted by Crippen LogP contribution is -1.95. The molecule has 1 aromatic carbocycles. The van der Waals surface area contributed by atoms with Crippen molar-refractivity contribution in [2.45, 2.75) is 20.2 Å². The third kappa shape index (κ3) is 2.69. The Hall–Kier alpha value is -1.63. The summed E-state index contributed by atoms with van der Waals surface area (Å²) in [5.74, 6) is -1.63. The maximum atomic E-state index is 7.96. The summed E-state index contributed by atoms with van der Waals surface area (Å²) >= 11 is 0. The molecule has 1 heterocycles. The highest BCUT2D eigenvalue weighted by molar-refractivity contribution is 5.58. The highest BCUT2D eigenvalue weighted by Crippen LogP contribution is 2.17. The lowest BCUT2D eigenvalue weighted by atomic mass is 10.0. The number of rotatable bonds is 3. The van der Waals surface area contributed by atoms with Crippen LogP contribution in [0.3, 0.4) is 0 Å². The lowest BCUT2D eigenvalue weighted by molar-refractivity contribution is 0.646. The van der Waals surface area contributed by atoms with Crippen molar-refractivity contribution in [2.24, 2.45) is 5.89 Å². The molecule has 0 saturated heterocycles. The van der Waals surface area contributed by atoms with Gasteiger partial charge in [-0.05, 0) is 23.9 Å². The Morgan fingerprint density at radius 3 is 3.06 bits per heavy atom. The third-order valence-corrected chi connectivity index (χ3v) is 2.12. The van der Waals surface area contributed by atoms with E-state index in [1.54, 1.807) is 12.1 Å². The number of benzene rings is 1. The summed E-state index contributed by atoms with van der Waals surface area (Å²) in [7, 11) is 0. The second kappa shape index (κ2) is 4.93. The summed E-state index contributed by atoms with van der Waals surface area (Å²) in [6, 6.07) is 3.56. The number of nitrogens with zero attached hydrogens (tertiary/aromatic N) is 1. The van der Waals surface area contributed by atoms with Gasteiger partial charge in [-0.25, -0.2) is 0 Å². The fourth-order valence-electron chi connectivity index (χ4n) is 1.41. The van der Waals surface area contributed by atoms with Crippen molar-refractivity contribution in [3.05, 3.63) is 54.1 Å². The Kier molecular flexibility index (Phi) is 1.45. The molecule has 2 aromatic rings. The van der Waals surface area contributed by atoms with E-state index in [-0.39, 0.29) is 36.2 Å². The maximum absolute atomic E-state index is 7.96. The Labute approximate surface area is 108 Å². The molecule has 0 bridgehead atoms. The Bertz CT molecular complexity index is 750. The van der Waals surface area contributed by atoms with Gasteiger partial charge in [0.2, 0.25) is 0 Å². The van der Waals surface area contributed by atoms with E-state index in [1.807, 2.05) is 0 Å². The van der Waals surface area contributed by atoms with Gasteiger partial charge < -0.3 is 0 Å². The van der Waals surface area contributed by atoms with Crippen LogP contribution in [-0.4, -0.2) is 4.98 Å². The average Bonchev–Trinajstić information content (AvgIpc) is 2.48. The van der Waals surface area contributed by atoms with E-state index >= 15 is 0 Å². The van der Waals surface area contributed by atoms with E-state index in [2.05, 4.69) is 4.98 Å². The van der Waals surface area contributed by atoms with Crippen molar-refractivity contribution < 1.29 is 11.0 Å². The SMILES string of the molecule is [2H]c1cc(-c2ccc(CC([2H])(C)C([2H])([2H])[2H])cn2)c([2H])c([2H])c1[2H]. The van der Waals surface area contributed by atoms with Crippen LogP contribution in [0.15, 0.2) is 48.6 Å². The Morgan fingerprint density at radius 1 is 1.38 bits per heavy atom. The van der Waals surface area contributed by atoms with Crippen LogP contribution in [0.1, 0.15) is 30.3 Å². The van der Waals surface area contributed by atoms with Crippen LogP contribution in [0, 0.1) is 5.89 Å². The number of hydrogen-bond acceptors (Lipinski definition) is 1. The summed E-state index contributed by atoms with van der Waals surface area (Å²) < 4.78 is 61.0. The van der Waals surface area contributed by atoms with Gasteiger partial charge in [-0.1, -0.05) is 50.1 Å². The zero-order chi connectivity index (χ0) is 18.3. The molecule has 1 aromatic heterocycles. The molecule has 0 aliphatic heterocycles. The minimum absolute atomic E-state index is 0.00353. The fourth-order valence-corrected chi connectivity index (χ4v) is 1.41. The molecule has 1 nitrogen and oxygen atoms in total. The van der Waals surface area contributed by atoms with E-state index in [0.717, 1.165) is 0 Å². The van der Waals surface area contributed by atoms with E-state index in [1.165, 1.54) is 19.2 Å². The average molecular weight is 219 g/mol. The molecule has 1 unspecified atom stereocenters. The molecule has 1 atom stereocenters. The van der Waals surface area contributed by atoms with Gasteiger partial charge in [0.25, 0.3) is 0 Å². The van der Waals surface area contributed by atoms with Gasteiger partial charge in [0.05, 0.1) is 11.2 Å². The molecular weight excluding hydrogens is 194 g/mol. The predicted molar refractivity (Wildman–Crippen MR) is 68.2 cm³/mol. The first-order chi connectivity index (χ1) is 10.9. The van der Waals surface area contributed by atoms with E-state index in [9.17, 15) is 0 Å². The molecule has 0 N–H and O–H groups in total. The van der Waals surface area contributed by atoms with Crippen LogP contribution in [-0.2, 0) is 6.42 Å². The topological polar surface area (TPSA) is 12.9 Å². The summed E-state index contributed by atoms with van der Waals surface area (Å²) in [5, 5.41) is 0. The van der Waals surface area contributed by atoms with E-state index in [4.69, 9.17) is 11.0 Å². The second-order valence-electron chi connectivity index (χ2n) is 3.59. The molecule has 0 spiro atoms. The van der Waals surface area contributed by atoms with Crippen LogP contribution < -0.4 is 0 Å². The first-order valence-corrected chi connectivity index (χ1v) is 4.97. The van der Waals surface area contributed by atoms with Gasteiger partial charge >= 0.3 is 0 Å². The van der Waals surface area contributed by atoms with Crippen LogP contribution in [0.4, 0.5) is 0 Å². The van der Waals surface area contributed by atoms with Gasteiger partial charge in [0, 0.05) is 17.2 Å². The smallest absolute Gasteiger partial charge is 0.0702 e. The monoisotopic (exact) mass is 219 g/mol. The van der Waals surface area contributed by atoms with E-state index < -0.39 is 12.7 Å². The summed E-state index contributed by atoms with van der Waals surface area (Å²) in [5.41, 5.74) is 1.22. The van der Waals surface area contributed by atoms with Gasteiger partial charge in [-0.3, -0.25) is 4.98 Å². The molecule has 0 radical (unpaired) electrons. The van der Waals surface area contributed by atoms with Gasteiger partial charge in [-0.2, -0.15) is 0 Å². The summed E-state index contributed by atoms with van der Waals surface area (Å²) in [4.78, 5) is 4.17. The minimum Gasteiger partial charge on any atom is -0.256 e. The molecule has 0 aliphatic carbocycles. The highest BCUT2D eigenvalue weighted by Gasteiger charge is 2.00. The minimum atomic E-state index is -2.41. The lowest BCUT2D eigenvalue weighted by Gasteiger charge is -2.05. The van der Waals surface area contributed by atoms with Crippen LogP contribution >= 0.6 is 0 Å². The standard InChI is InChI=1S/C15H17N/c1-12(2)10-13-8-9-15(16-11-13)14-6-4-3-5-7-14/h3-9,11-12H,10H2,1-2H3/i1D3,3D,4D,5D,6D,12D. The van der Waals surface area contributed by atoms with Crippen molar-refractivity contribution in [3.63, 3.8) is 0 Å². The zero-order valence-electron chi connectivity index (χ0n) is 17.0. The van der Waals surface area contributed by atoms with Crippen LogP contribution in [0.2, 0.25) is 0 Å². The largest absolute Gasteiger partial charge is 0.256 e. The molecule has 82 valence electrons. The summed E-state index contributed by atoms with van der Waals surface area (Å²) in [6.07, 6.45) is 1.44. The molecule has 0 amide bonds. The number of aromatic nitrogens is 1. The molecule has 0 aliphatic rings. The van der Waals surface area contributed by atoms with Crippen LogP contribution in [0.25, 0.3) is 11.3 Å². The van der Waals surface area contributed by atoms with Crippen molar-refractivity contribution in [2.75, 3.05) is 0 Å². The summed E-state index contributed by atoms with van der Waals surface area (Å²) in [6.45, 7) is -1.06. The van der Waals surface area contributed by atoms with Crippen molar-refractivity contribution in [1.82, 2.24) is 4.98 Å². The van der Waals surface area contributed by atoms with Gasteiger partial charge in [0.1, 0.15) is 0 Å². The Balaban J connectivity index is 2.35. The maximum Gasteiger partial charge on any atom is 0.0702 e. The third-order valence-electron chi connectivity index (χ3n) is 2.12. The fraction of sp³-hybridized carbons (Fsp3) is 0.267. The van der Waals surface area contributed by atoms with Gasteiger partial charge in [0.15, 0.2) is 0 Å². The number of pyridine rings is 1. The van der Waals surface area contributed by atoms with Crippen molar-refractivity contribution in [3.8, 4) is 11.3 Å². The van der Waals surface area contributed by atoms with Crippen LogP contribution in [0.5, 0.6) is 0 Å². The normalized spacial score (nSPS) is 22.3. The van der Waals surface area contributed by atoms with E-state index in [0.29, 0.717) is 11.3 Å². The van der Waals surface area contributed by atoms with Crippen molar-refractivity contribution >= 4 is 0 Å². The van der Waals surface area contributed by atoms with Gasteiger partial charge in [-0.15, -0.1) is 0 Å². The zero-order valence-corrected chi connectivity index (χ0v) is 8.96. The first kappa shape index (κ1) is 4.70. The van der Waals surface area contributed by atoms with Crippen molar-refractivity contribution in [1.29, 1.82) is 0 Å². The quantitative estimate of drug-likeness (QED) is 0.761. The number of hydrogen-bond donors (Lipinski definition) is 0. The highest BCUT2D eigenvalue weighted by atomic mass is 14.7. The molecule has 0 saturated carbocycles. The molecular formula is C15H17N. The second-order valence-corrected chi connectivity index (χ2v) is 3.59. The molecule has 2 rings (SSSR count).